The van der Waals surface area contributed by atoms with E-state index in [0.29, 0.717) is 52.9 Å². The van der Waals surface area contributed by atoms with Crippen molar-refractivity contribution in [2.75, 3.05) is 39.9 Å². The smallest absolute Gasteiger partial charge is 0.410 e. The third kappa shape index (κ3) is 9.84. The van der Waals surface area contributed by atoms with Crippen molar-refractivity contribution in [3.8, 4) is 34.5 Å². The Morgan fingerprint density at radius 1 is 0.851 bits per heavy atom. The van der Waals surface area contributed by atoms with Crippen LogP contribution in [-0.4, -0.2) is 115 Å². The van der Waals surface area contributed by atoms with Crippen molar-refractivity contribution < 1.29 is 33.3 Å². The molecule has 4 aromatic heterocycles. The molecule has 3 saturated heterocycles. The second kappa shape index (κ2) is 18.8. The third-order valence-corrected chi connectivity index (χ3v) is 14.0. The summed E-state index contributed by atoms with van der Waals surface area (Å²) in [5, 5.41) is 17.5. The number of likely N-dealkylation sites (tertiary alicyclic amines) is 1. The molecule has 2 spiro atoms. The zero-order valence-corrected chi connectivity index (χ0v) is 39.3. The maximum atomic E-state index is 12.8. The Labute approximate surface area is 398 Å². The average molecular weight is 980 g/mol. The summed E-state index contributed by atoms with van der Waals surface area (Å²) in [5.41, 5.74) is 4.74. The van der Waals surface area contributed by atoms with Crippen LogP contribution in [0.5, 0.6) is 11.8 Å². The molecule has 2 saturated carbocycles. The van der Waals surface area contributed by atoms with Gasteiger partial charge >= 0.3 is 12.1 Å². The Morgan fingerprint density at radius 3 is 2.25 bits per heavy atom. The number of benzene rings is 2. The van der Waals surface area contributed by atoms with Crippen LogP contribution >= 0.6 is 15.9 Å². The fraction of sp³-hybridized carbons (Fsp3) is 0.510. The first-order valence-electron chi connectivity index (χ1n) is 22.9. The number of H-pyrrole nitrogens is 1. The number of rotatable bonds is 8. The monoisotopic (exact) mass is 978 g/mol. The number of piperidine rings is 2. The molecule has 2 aliphatic carbocycles. The van der Waals surface area contributed by atoms with Crippen LogP contribution in [0.3, 0.4) is 0 Å². The van der Waals surface area contributed by atoms with E-state index in [4.69, 9.17) is 33.8 Å². The number of halogens is 1. The van der Waals surface area contributed by atoms with Crippen LogP contribution in [0, 0.1) is 10.8 Å². The first-order valence-corrected chi connectivity index (χ1v) is 23.7. The number of amides is 1. The summed E-state index contributed by atoms with van der Waals surface area (Å²) in [6, 6.07) is 11.4. The SMILES string of the molecule is C.CC(C)(C)OC(=O)N1CCC2(CC2)[C@@H](Oc2cncc(-c3nn(C4CCCCO4)c4ccc(Br)cc34)n2)C1.COC(=O)c1ccc2[nH]nc(-c3cncc(O[C@H]4CNCCC45CC5)n3)c2c1. The Bertz CT molecular complexity index is 2760. The van der Waals surface area contributed by atoms with Crippen molar-refractivity contribution in [3.63, 3.8) is 0 Å². The lowest BCUT2D eigenvalue weighted by atomic mass is 9.90. The van der Waals surface area contributed by atoms with Crippen LogP contribution in [-0.2, 0) is 14.2 Å². The van der Waals surface area contributed by atoms with Gasteiger partial charge in [0.1, 0.15) is 40.6 Å². The van der Waals surface area contributed by atoms with E-state index in [1.165, 1.54) is 20.0 Å². The van der Waals surface area contributed by atoms with Gasteiger partial charge in [0.2, 0.25) is 11.8 Å². The minimum absolute atomic E-state index is 0. The molecule has 3 aliphatic heterocycles. The molecule has 18 heteroatoms. The highest BCUT2D eigenvalue weighted by molar-refractivity contribution is 9.10. The maximum absolute atomic E-state index is 12.8. The number of aromatic nitrogens is 8. The van der Waals surface area contributed by atoms with Crippen molar-refractivity contribution in [2.45, 2.75) is 110 Å². The first kappa shape index (κ1) is 46.4. The molecule has 3 atom stereocenters. The van der Waals surface area contributed by atoms with Crippen molar-refractivity contribution in [1.82, 2.24) is 50.1 Å². The molecule has 5 aliphatic rings. The molecule has 6 aromatic rings. The van der Waals surface area contributed by atoms with E-state index >= 15 is 0 Å². The van der Waals surface area contributed by atoms with Crippen molar-refractivity contribution in [2.24, 2.45) is 10.8 Å². The second-order valence-corrected chi connectivity index (χ2v) is 20.1. The molecule has 0 radical (unpaired) electrons. The molecule has 2 aromatic carbocycles. The average Bonchev–Trinajstić information content (AvgIpc) is 4.20. The van der Waals surface area contributed by atoms with Gasteiger partial charge in [0.25, 0.3) is 0 Å². The molecule has 7 heterocycles. The summed E-state index contributed by atoms with van der Waals surface area (Å²) in [7, 11) is 1.36. The highest BCUT2D eigenvalue weighted by Crippen LogP contribution is 2.55. The Kier molecular flexibility index (Phi) is 13.0. The minimum Gasteiger partial charge on any atom is -0.471 e. The number of carbonyl (C=O) groups is 2. The number of methoxy groups -OCH3 is 1. The lowest BCUT2D eigenvalue weighted by Crippen LogP contribution is -2.51. The highest BCUT2D eigenvalue weighted by atomic mass is 79.9. The van der Waals surface area contributed by atoms with E-state index in [1.54, 1.807) is 47.9 Å². The molecule has 354 valence electrons. The van der Waals surface area contributed by atoms with E-state index in [-0.39, 0.29) is 37.4 Å². The van der Waals surface area contributed by atoms with Gasteiger partial charge in [0, 0.05) is 45.8 Å². The van der Waals surface area contributed by atoms with Crippen LogP contribution in [0.1, 0.15) is 103 Å². The number of carbonyl (C=O) groups excluding carboxylic acids is 2. The summed E-state index contributed by atoms with van der Waals surface area (Å²) in [5.74, 6) is 0.547. The predicted octanol–water partition coefficient (Wildman–Crippen LogP) is 9.09. The number of fused-ring (bicyclic) bond motifs is 2. The standard InChI is InChI=1S/C28H34BrN5O4.C20H21N5O3.CH4/c1-27(2,3)38-26(35)33-12-11-28(9-10-28)22(17-33)37-23-16-30-15-20(31-23)25-19-14-18(29)7-8-21(19)34(32-25)24-6-4-5-13-36-24;1-27-19(26)12-2-3-14-13(8-12)18(25-24-14)15-9-22-11-17(23-15)28-16-10-21-7-6-20(16)4-5-20;/h7-8,14-16,22,24H,4-6,9-13,17H2,1-3H3;2-3,8-9,11,16,21H,4-7,10H2,1H3,(H,24,25);1H4/t22-,24?;16-;/m00./s1. The molecular formula is C49H59BrN10O7. The largest absolute Gasteiger partial charge is 0.471 e. The fourth-order valence-electron chi connectivity index (χ4n) is 9.46. The number of ether oxygens (including phenoxy) is 5. The number of hydrogen-bond donors (Lipinski definition) is 2. The Balaban J connectivity index is 0.000000173. The Hall–Kier alpha value is -5.72. The molecule has 5 fully saturated rings. The van der Waals surface area contributed by atoms with Gasteiger partial charge in [-0.15, -0.1) is 0 Å². The molecular weight excluding hydrogens is 921 g/mol. The van der Waals surface area contributed by atoms with Gasteiger partial charge < -0.3 is 33.9 Å². The molecule has 11 rings (SSSR count). The van der Waals surface area contributed by atoms with Crippen molar-refractivity contribution >= 4 is 49.8 Å². The van der Waals surface area contributed by atoms with Crippen LogP contribution in [0.15, 0.2) is 65.7 Å². The zero-order chi connectivity index (χ0) is 45.6. The quantitative estimate of drug-likeness (QED) is 0.137. The number of nitrogens with zero attached hydrogens (tertiary/aromatic N) is 8. The fourth-order valence-corrected chi connectivity index (χ4v) is 9.82. The van der Waals surface area contributed by atoms with Gasteiger partial charge in [-0.1, -0.05) is 23.4 Å². The third-order valence-electron chi connectivity index (χ3n) is 13.5. The number of esters is 1. The van der Waals surface area contributed by atoms with Crippen LogP contribution in [0.2, 0.25) is 0 Å². The summed E-state index contributed by atoms with van der Waals surface area (Å²) in [6.45, 7) is 9.44. The number of aromatic amines is 1. The van der Waals surface area contributed by atoms with Gasteiger partial charge in [-0.05, 0) is 122 Å². The molecule has 0 bridgehead atoms. The van der Waals surface area contributed by atoms with Crippen LogP contribution in [0.25, 0.3) is 44.6 Å². The van der Waals surface area contributed by atoms with E-state index in [2.05, 4.69) is 58.5 Å². The normalized spacial score (nSPS) is 21.5. The summed E-state index contributed by atoms with van der Waals surface area (Å²) in [6.07, 6.45) is 16.0. The van der Waals surface area contributed by atoms with E-state index < -0.39 is 11.6 Å². The Morgan fingerprint density at radius 2 is 1.57 bits per heavy atom. The summed E-state index contributed by atoms with van der Waals surface area (Å²) >= 11 is 3.61. The minimum atomic E-state index is -0.536. The number of hydrogen-bond acceptors (Lipinski definition) is 14. The lowest BCUT2D eigenvalue weighted by molar-refractivity contribution is -0.0365. The number of nitrogens with one attached hydrogen (secondary N) is 2. The lowest BCUT2D eigenvalue weighted by Gasteiger charge is -2.39. The second-order valence-electron chi connectivity index (χ2n) is 19.2. The van der Waals surface area contributed by atoms with E-state index in [9.17, 15) is 9.59 Å². The van der Waals surface area contributed by atoms with Gasteiger partial charge in [-0.2, -0.15) is 10.2 Å². The topological polar surface area (TPSA) is 194 Å². The molecule has 1 amide bonds. The van der Waals surface area contributed by atoms with E-state index in [1.807, 2.05) is 31.5 Å². The van der Waals surface area contributed by atoms with Gasteiger partial charge in [-0.25, -0.2) is 24.2 Å². The van der Waals surface area contributed by atoms with Crippen molar-refractivity contribution in [1.29, 1.82) is 0 Å². The molecule has 67 heavy (non-hydrogen) atoms. The highest BCUT2D eigenvalue weighted by Gasteiger charge is 2.55. The summed E-state index contributed by atoms with van der Waals surface area (Å²) in [4.78, 5) is 44.6. The molecule has 1 unspecified atom stereocenters. The van der Waals surface area contributed by atoms with Gasteiger partial charge in [0.05, 0.1) is 55.0 Å². The van der Waals surface area contributed by atoms with Crippen molar-refractivity contribution in [3.05, 3.63) is 71.2 Å². The predicted molar refractivity (Wildman–Crippen MR) is 255 cm³/mol. The maximum Gasteiger partial charge on any atom is 0.410 e. The van der Waals surface area contributed by atoms with E-state index in [0.717, 1.165) is 96.6 Å². The summed E-state index contributed by atoms with van der Waals surface area (Å²) < 4.78 is 32.1. The van der Waals surface area contributed by atoms with Crippen LogP contribution in [0.4, 0.5) is 4.79 Å². The molecule has 17 nitrogen and oxygen atoms in total. The van der Waals surface area contributed by atoms with Gasteiger partial charge in [0.15, 0.2) is 6.23 Å². The van der Waals surface area contributed by atoms with Gasteiger partial charge in [-0.3, -0.25) is 15.1 Å². The zero-order valence-electron chi connectivity index (χ0n) is 37.7. The first-order chi connectivity index (χ1) is 31.9. The van der Waals surface area contributed by atoms with Crippen LogP contribution < -0.4 is 14.8 Å². The molecule has 2 N–H and O–H groups in total.